The molecule has 144 valence electrons. The summed E-state index contributed by atoms with van der Waals surface area (Å²) < 4.78 is 27.8. The number of carbonyl (C=O) groups excluding carboxylic acids is 1. The molecule has 0 saturated carbocycles. The highest BCUT2D eigenvalue weighted by Gasteiger charge is 2.18. The Morgan fingerprint density at radius 3 is 2.29 bits per heavy atom. The summed E-state index contributed by atoms with van der Waals surface area (Å²) in [6.45, 7) is 3.89. The summed E-state index contributed by atoms with van der Waals surface area (Å²) in [6.07, 6.45) is 0. The average molecular weight is 394 g/mol. The van der Waals surface area contributed by atoms with Crippen LogP contribution in [0.25, 0.3) is 0 Å². The summed E-state index contributed by atoms with van der Waals surface area (Å²) in [5.74, 6) is -0.326. The highest BCUT2D eigenvalue weighted by molar-refractivity contribution is 7.92. The van der Waals surface area contributed by atoms with Crippen molar-refractivity contribution in [2.75, 3.05) is 4.72 Å². The van der Waals surface area contributed by atoms with Crippen LogP contribution >= 0.6 is 0 Å². The van der Waals surface area contributed by atoms with E-state index in [2.05, 4.69) is 10.0 Å². The number of carbonyl (C=O) groups is 1. The third kappa shape index (κ3) is 4.58. The van der Waals surface area contributed by atoms with Gasteiger partial charge in [0.2, 0.25) is 0 Å². The fourth-order valence-corrected chi connectivity index (χ4v) is 4.06. The molecule has 1 amide bonds. The SMILES string of the molecule is Cc1ccccc1C(C)NC(=O)c1cccc(S(=O)(=O)Nc2ccccc2)c1. The van der Waals surface area contributed by atoms with E-state index < -0.39 is 10.0 Å². The van der Waals surface area contributed by atoms with E-state index >= 15 is 0 Å². The van der Waals surface area contributed by atoms with Crippen molar-refractivity contribution in [1.29, 1.82) is 0 Å². The van der Waals surface area contributed by atoms with Gasteiger partial charge < -0.3 is 5.32 Å². The molecule has 0 aliphatic carbocycles. The maximum Gasteiger partial charge on any atom is 0.261 e. The molecule has 28 heavy (non-hydrogen) atoms. The number of benzene rings is 3. The van der Waals surface area contributed by atoms with Crippen molar-refractivity contribution >= 4 is 21.6 Å². The van der Waals surface area contributed by atoms with Crippen LogP contribution in [0.15, 0.2) is 83.8 Å². The zero-order chi connectivity index (χ0) is 20.1. The van der Waals surface area contributed by atoms with E-state index in [-0.39, 0.29) is 22.4 Å². The minimum atomic E-state index is -3.79. The maximum atomic E-state index is 12.7. The summed E-state index contributed by atoms with van der Waals surface area (Å²) in [7, 11) is -3.79. The van der Waals surface area contributed by atoms with Crippen LogP contribution in [-0.2, 0) is 10.0 Å². The van der Waals surface area contributed by atoms with Gasteiger partial charge in [-0.2, -0.15) is 0 Å². The van der Waals surface area contributed by atoms with Crippen molar-refractivity contribution < 1.29 is 13.2 Å². The van der Waals surface area contributed by atoms with Crippen molar-refractivity contribution in [1.82, 2.24) is 5.32 Å². The standard InChI is InChI=1S/C22H22N2O3S/c1-16-9-6-7-14-21(16)17(2)23-22(25)18-10-8-13-20(15-18)28(26,27)24-19-11-4-3-5-12-19/h3-15,17,24H,1-2H3,(H,23,25). The van der Waals surface area contributed by atoms with Gasteiger partial charge in [-0.15, -0.1) is 0 Å². The van der Waals surface area contributed by atoms with Crippen LogP contribution < -0.4 is 10.0 Å². The zero-order valence-electron chi connectivity index (χ0n) is 15.7. The number of aryl methyl sites for hydroxylation is 1. The Labute approximate surface area is 165 Å². The summed E-state index contributed by atoms with van der Waals surface area (Å²) >= 11 is 0. The number of rotatable bonds is 6. The number of hydrogen-bond donors (Lipinski definition) is 2. The van der Waals surface area contributed by atoms with Crippen molar-refractivity contribution in [3.05, 3.63) is 95.6 Å². The Bertz CT molecular complexity index is 1080. The molecule has 0 saturated heterocycles. The van der Waals surface area contributed by atoms with Crippen LogP contribution in [-0.4, -0.2) is 14.3 Å². The Hall–Kier alpha value is -3.12. The fourth-order valence-electron chi connectivity index (χ4n) is 2.96. The van der Waals surface area contributed by atoms with Crippen molar-refractivity contribution in [2.24, 2.45) is 0 Å². The lowest BCUT2D eigenvalue weighted by molar-refractivity contribution is 0.0939. The smallest absolute Gasteiger partial charge is 0.261 e. The third-order valence-electron chi connectivity index (χ3n) is 4.44. The summed E-state index contributed by atoms with van der Waals surface area (Å²) in [5, 5.41) is 2.93. The molecule has 0 bridgehead atoms. The van der Waals surface area contributed by atoms with Crippen molar-refractivity contribution in [2.45, 2.75) is 24.8 Å². The second kappa shape index (κ2) is 8.27. The molecule has 3 aromatic carbocycles. The first-order valence-corrected chi connectivity index (χ1v) is 10.4. The molecule has 0 aliphatic rings. The number of hydrogen-bond acceptors (Lipinski definition) is 3. The van der Waals surface area contributed by atoms with E-state index in [0.717, 1.165) is 11.1 Å². The minimum absolute atomic E-state index is 0.0348. The van der Waals surface area contributed by atoms with Crippen LogP contribution in [0.2, 0.25) is 0 Å². The molecule has 2 N–H and O–H groups in total. The quantitative estimate of drug-likeness (QED) is 0.655. The average Bonchev–Trinajstić information content (AvgIpc) is 2.69. The van der Waals surface area contributed by atoms with Gasteiger partial charge in [0, 0.05) is 11.3 Å². The molecule has 6 heteroatoms. The number of para-hydroxylation sites is 1. The third-order valence-corrected chi connectivity index (χ3v) is 5.81. The minimum Gasteiger partial charge on any atom is -0.346 e. The molecule has 0 aromatic heterocycles. The lowest BCUT2D eigenvalue weighted by atomic mass is 10.0. The van der Waals surface area contributed by atoms with E-state index in [9.17, 15) is 13.2 Å². The lowest BCUT2D eigenvalue weighted by Gasteiger charge is -2.17. The number of sulfonamides is 1. The van der Waals surface area contributed by atoms with Gasteiger partial charge in [0.05, 0.1) is 10.9 Å². The predicted molar refractivity (Wildman–Crippen MR) is 111 cm³/mol. The Balaban J connectivity index is 1.79. The topological polar surface area (TPSA) is 75.3 Å². The summed E-state index contributed by atoms with van der Waals surface area (Å²) in [5.41, 5.74) is 2.85. The molecule has 0 radical (unpaired) electrons. The second-order valence-electron chi connectivity index (χ2n) is 6.55. The maximum absolute atomic E-state index is 12.7. The highest BCUT2D eigenvalue weighted by Crippen LogP contribution is 2.19. The molecule has 0 aliphatic heterocycles. The molecule has 5 nitrogen and oxygen atoms in total. The van der Waals surface area contributed by atoms with Crippen molar-refractivity contribution in [3.63, 3.8) is 0 Å². The molecule has 1 unspecified atom stereocenters. The van der Waals surface area contributed by atoms with Gasteiger partial charge >= 0.3 is 0 Å². The van der Waals surface area contributed by atoms with Crippen LogP contribution in [0.1, 0.15) is 34.5 Å². The molecule has 0 fully saturated rings. The zero-order valence-corrected chi connectivity index (χ0v) is 16.5. The first-order valence-electron chi connectivity index (χ1n) is 8.91. The van der Waals surface area contributed by atoms with Gasteiger partial charge in [-0.3, -0.25) is 9.52 Å². The van der Waals surface area contributed by atoms with Gasteiger partial charge in [-0.05, 0) is 55.3 Å². The predicted octanol–water partition coefficient (Wildman–Crippen LogP) is 4.29. The second-order valence-corrected chi connectivity index (χ2v) is 8.23. The fraction of sp³-hybridized carbons (Fsp3) is 0.136. The molecular formula is C22H22N2O3S. The highest BCUT2D eigenvalue weighted by atomic mass is 32.2. The number of anilines is 1. The molecule has 3 rings (SSSR count). The molecule has 0 heterocycles. The Kier molecular flexibility index (Phi) is 5.80. The van der Waals surface area contributed by atoms with Crippen LogP contribution in [0, 0.1) is 6.92 Å². The number of nitrogens with one attached hydrogen (secondary N) is 2. The summed E-state index contributed by atoms with van der Waals surface area (Å²) in [4.78, 5) is 12.7. The van der Waals surface area contributed by atoms with E-state index in [0.29, 0.717) is 5.69 Å². The molecule has 1 atom stereocenters. The van der Waals surface area contributed by atoms with Gasteiger partial charge in [-0.25, -0.2) is 8.42 Å². The van der Waals surface area contributed by atoms with Crippen LogP contribution in [0.3, 0.4) is 0 Å². The Morgan fingerprint density at radius 1 is 0.893 bits per heavy atom. The molecular weight excluding hydrogens is 372 g/mol. The van der Waals surface area contributed by atoms with E-state index in [4.69, 9.17) is 0 Å². The van der Waals surface area contributed by atoms with Crippen LogP contribution in [0.4, 0.5) is 5.69 Å². The van der Waals surface area contributed by atoms with E-state index in [1.807, 2.05) is 38.1 Å². The largest absolute Gasteiger partial charge is 0.346 e. The van der Waals surface area contributed by atoms with Gasteiger partial charge in [-0.1, -0.05) is 48.5 Å². The first kappa shape index (κ1) is 19.6. The van der Waals surface area contributed by atoms with Gasteiger partial charge in [0.15, 0.2) is 0 Å². The normalized spacial score (nSPS) is 12.2. The molecule has 3 aromatic rings. The lowest BCUT2D eigenvalue weighted by Crippen LogP contribution is -2.27. The van der Waals surface area contributed by atoms with Crippen molar-refractivity contribution in [3.8, 4) is 0 Å². The Morgan fingerprint density at radius 2 is 1.57 bits per heavy atom. The first-order chi connectivity index (χ1) is 13.4. The van der Waals surface area contributed by atoms with Crippen LogP contribution in [0.5, 0.6) is 0 Å². The van der Waals surface area contributed by atoms with Gasteiger partial charge in [0.1, 0.15) is 0 Å². The summed E-state index contributed by atoms with van der Waals surface area (Å²) in [6, 6.07) is 22.3. The monoisotopic (exact) mass is 394 g/mol. The van der Waals surface area contributed by atoms with Gasteiger partial charge in [0.25, 0.3) is 15.9 Å². The van der Waals surface area contributed by atoms with E-state index in [1.54, 1.807) is 42.5 Å². The van der Waals surface area contributed by atoms with E-state index in [1.165, 1.54) is 12.1 Å². The molecule has 0 spiro atoms. The number of amides is 1.